The minimum absolute atomic E-state index is 0.0145. The summed E-state index contributed by atoms with van der Waals surface area (Å²) in [6.07, 6.45) is 2.32. The number of nitrogens with zero attached hydrogens (tertiary/aromatic N) is 5. The van der Waals surface area contributed by atoms with E-state index < -0.39 is 0 Å². The third-order valence-electron chi connectivity index (χ3n) is 5.53. The van der Waals surface area contributed by atoms with E-state index in [1.165, 1.54) is 6.42 Å². The maximum atomic E-state index is 13.0. The molecule has 1 unspecified atom stereocenters. The number of rotatable bonds is 3. The molecule has 7 heteroatoms. The summed E-state index contributed by atoms with van der Waals surface area (Å²) in [4.78, 5) is 17.2. The van der Waals surface area contributed by atoms with Crippen LogP contribution in [-0.4, -0.2) is 57.7 Å². The second kappa shape index (κ2) is 6.72. The van der Waals surface area contributed by atoms with Crippen LogP contribution in [-0.2, 0) is 13.1 Å². The molecule has 1 aromatic carbocycles. The molecule has 0 saturated carbocycles. The van der Waals surface area contributed by atoms with Crippen molar-refractivity contribution in [1.82, 2.24) is 24.6 Å². The molecule has 3 heterocycles. The Morgan fingerprint density at radius 1 is 1.23 bits per heavy atom. The summed E-state index contributed by atoms with van der Waals surface area (Å²) in [5.41, 5.74) is 1.57. The number of hydrogen-bond acceptors (Lipinski definition) is 5. The van der Waals surface area contributed by atoms with E-state index in [0.29, 0.717) is 30.4 Å². The molecule has 0 spiro atoms. The van der Waals surface area contributed by atoms with Gasteiger partial charge in [0.25, 0.3) is 5.91 Å². The summed E-state index contributed by atoms with van der Waals surface area (Å²) >= 11 is 0. The molecule has 4 rings (SSSR count). The number of hydrogen-bond donors (Lipinski definition) is 0. The SMILES string of the molecule is COc1c(C)cccc1C(=O)N1CCn2c(nnc2C2CCCN2C)C1. The molecule has 1 saturated heterocycles. The zero-order valence-corrected chi connectivity index (χ0v) is 15.6. The number of likely N-dealkylation sites (tertiary alicyclic amines) is 1. The average molecular weight is 355 g/mol. The Morgan fingerprint density at radius 3 is 2.81 bits per heavy atom. The molecular weight excluding hydrogens is 330 g/mol. The summed E-state index contributed by atoms with van der Waals surface area (Å²) < 4.78 is 7.65. The number of para-hydroxylation sites is 1. The van der Waals surface area contributed by atoms with E-state index in [-0.39, 0.29) is 5.91 Å². The Balaban J connectivity index is 1.57. The van der Waals surface area contributed by atoms with Gasteiger partial charge in [0, 0.05) is 13.1 Å². The highest BCUT2D eigenvalue weighted by Crippen LogP contribution is 2.31. The lowest BCUT2D eigenvalue weighted by Crippen LogP contribution is -2.39. The Kier molecular flexibility index (Phi) is 4.40. The van der Waals surface area contributed by atoms with Crippen LogP contribution in [0, 0.1) is 6.92 Å². The minimum atomic E-state index is -0.0145. The lowest BCUT2D eigenvalue weighted by Gasteiger charge is -2.29. The van der Waals surface area contributed by atoms with E-state index in [0.717, 1.165) is 36.7 Å². The van der Waals surface area contributed by atoms with Gasteiger partial charge in [0.1, 0.15) is 5.75 Å². The first kappa shape index (κ1) is 17.0. The molecule has 0 N–H and O–H groups in total. The number of ether oxygens (including phenoxy) is 1. The van der Waals surface area contributed by atoms with Gasteiger partial charge in [-0.1, -0.05) is 12.1 Å². The Morgan fingerprint density at radius 2 is 2.08 bits per heavy atom. The standard InChI is InChI=1S/C19H25N5O2/c1-13-6-4-7-14(17(13)26-3)19(25)23-10-11-24-16(12-23)20-21-18(24)15-8-5-9-22(15)2/h4,6-7,15H,5,8-12H2,1-3H3. The second-order valence-electron chi connectivity index (χ2n) is 7.15. The highest BCUT2D eigenvalue weighted by atomic mass is 16.5. The van der Waals surface area contributed by atoms with Crippen molar-refractivity contribution in [3.63, 3.8) is 0 Å². The summed E-state index contributed by atoms with van der Waals surface area (Å²) in [5.74, 6) is 2.55. The topological polar surface area (TPSA) is 63.5 Å². The second-order valence-corrected chi connectivity index (χ2v) is 7.15. The van der Waals surface area contributed by atoms with Gasteiger partial charge in [-0.15, -0.1) is 10.2 Å². The first-order valence-corrected chi connectivity index (χ1v) is 9.15. The molecule has 0 bridgehead atoms. The molecule has 7 nitrogen and oxygen atoms in total. The van der Waals surface area contributed by atoms with Crippen LogP contribution in [0.1, 0.15) is 46.5 Å². The first-order valence-electron chi connectivity index (χ1n) is 9.15. The molecule has 26 heavy (non-hydrogen) atoms. The summed E-state index contributed by atoms with van der Waals surface area (Å²) in [6.45, 7) is 4.93. The fourth-order valence-electron chi connectivity index (χ4n) is 4.10. The fourth-order valence-corrected chi connectivity index (χ4v) is 4.10. The zero-order chi connectivity index (χ0) is 18.3. The van der Waals surface area contributed by atoms with Gasteiger partial charge in [0.05, 0.1) is 25.3 Å². The largest absolute Gasteiger partial charge is 0.496 e. The maximum absolute atomic E-state index is 13.0. The molecule has 2 aliphatic rings. The quantitative estimate of drug-likeness (QED) is 0.843. The predicted molar refractivity (Wildman–Crippen MR) is 97.1 cm³/mol. The number of aromatic nitrogens is 3. The molecule has 138 valence electrons. The first-order chi connectivity index (χ1) is 12.6. The maximum Gasteiger partial charge on any atom is 0.258 e. The molecule has 2 aromatic rings. The Hall–Kier alpha value is -2.41. The fraction of sp³-hybridized carbons (Fsp3) is 0.526. The van der Waals surface area contributed by atoms with E-state index in [4.69, 9.17) is 4.74 Å². The zero-order valence-electron chi connectivity index (χ0n) is 15.6. The Bertz CT molecular complexity index is 831. The van der Waals surface area contributed by atoms with Gasteiger partial charge >= 0.3 is 0 Å². The highest BCUT2D eigenvalue weighted by Gasteiger charge is 2.32. The van der Waals surface area contributed by atoms with E-state index >= 15 is 0 Å². The summed E-state index contributed by atoms with van der Waals surface area (Å²) in [6, 6.07) is 6.01. The third-order valence-corrected chi connectivity index (χ3v) is 5.53. The average Bonchev–Trinajstić information content (AvgIpc) is 3.25. The smallest absolute Gasteiger partial charge is 0.258 e. The number of fused-ring (bicyclic) bond motifs is 1. The van der Waals surface area contributed by atoms with E-state index in [1.54, 1.807) is 7.11 Å². The lowest BCUT2D eigenvalue weighted by atomic mass is 10.1. The van der Waals surface area contributed by atoms with Gasteiger partial charge < -0.3 is 14.2 Å². The molecular formula is C19H25N5O2. The van der Waals surface area contributed by atoms with Gasteiger partial charge in [-0.05, 0) is 45.0 Å². The number of benzene rings is 1. The van der Waals surface area contributed by atoms with Crippen LogP contribution in [0.5, 0.6) is 5.75 Å². The third kappa shape index (κ3) is 2.76. The van der Waals surface area contributed by atoms with Gasteiger partial charge in [-0.2, -0.15) is 0 Å². The van der Waals surface area contributed by atoms with Gasteiger partial charge in [-0.25, -0.2) is 0 Å². The van der Waals surface area contributed by atoms with E-state index in [2.05, 4.69) is 26.7 Å². The van der Waals surface area contributed by atoms with Crippen molar-refractivity contribution in [1.29, 1.82) is 0 Å². The van der Waals surface area contributed by atoms with E-state index in [9.17, 15) is 4.79 Å². The monoisotopic (exact) mass is 355 g/mol. The molecule has 1 fully saturated rings. The molecule has 1 aromatic heterocycles. The summed E-state index contributed by atoms with van der Waals surface area (Å²) in [7, 11) is 3.75. The Labute approximate surface area is 153 Å². The number of methoxy groups -OCH3 is 1. The van der Waals surface area contributed by atoms with Crippen LogP contribution in [0.15, 0.2) is 18.2 Å². The van der Waals surface area contributed by atoms with Gasteiger partial charge in [-0.3, -0.25) is 9.69 Å². The summed E-state index contributed by atoms with van der Waals surface area (Å²) in [5, 5.41) is 8.84. The highest BCUT2D eigenvalue weighted by molar-refractivity contribution is 5.97. The number of aryl methyl sites for hydroxylation is 1. The van der Waals surface area contributed by atoms with Crippen molar-refractivity contribution < 1.29 is 9.53 Å². The van der Waals surface area contributed by atoms with Crippen molar-refractivity contribution >= 4 is 5.91 Å². The number of carbonyl (C=O) groups is 1. The van der Waals surface area contributed by atoms with Crippen molar-refractivity contribution in [2.75, 3.05) is 27.2 Å². The molecule has 1 atom stereocenters. The normalized spacial score (nSPS) is 20.3. The van der Waals surface area contributed by atoms with Crippen LogP contribution >= 0.6 is 0 Å². The number of amides is 1. The van der Waals surface area contributed by atoms with Crippen molar-refractivity contribution in [3.05, 3.63) is 41.0 Å². The van der Waals surface area contributed by atoms with Crippen molar-refractivity contribution in [3.8, 4) is 5.75 Å². The van der Waals surface area contributed by atoms with E-state index in [1.807, 2.05) is 30.0 Å². The van der Waals surface area contributed by atoms with Crippen molar-refractivity contribution in [2.24, 2.45) is 0 Å². The van der Waals surface area contributed by atoms with Crippen molar-refractivity contribution in [2.45, 2.75) is 38.9 Å². The van der Waals surface area contributed by atoms with Crippen LogP contribution in [0.25, 0.3) is 0 Å². The molecule has 0 radical (unpaired) electrons. The number of carbonyl (C=O) groups excluding carboxylic acids is 1. The van der Waals surface area contributed by atoms with Crippen LogP contribution in [0.4, 0.5) is 0 Å². The van der Waals surface area contributed by atoms with Crippen LogP contribution in [0.2, 0.25) is 0 Å². The van der Waals surface area contributed by atoms with Gasteiger partial charge in [0.15, 0.2) is 11.6 Å². The lowest BCUT2D eigenvalue weighted by molar-refractivity contribution is 0.0701. The minimum Gasteiger partial charge on any atom is -0.496 e. The van der Waals surface area contributed by atoms with Gasteiger partial charge in [0.2, 0.25) is 0 Å². The van der Waals surface area contributed by atoms with Crippen LogP contribution < -0.4 is 4.74 Å². The molecule has 1 amide bonds. The van der Waals surface area contributed by atoms with Crippen LogP contribution in [0.3, 0.4) is 0 Å². The predicted octanol–water partition coefficient (Wildman–Crippen LogP) is 2.02. The molecule has 0 aliphatic carbocycles. The molecule has 2 aliphatic heterocycles.